The monoisotopic (exact) mass is 440 g/mol. The van der Waals surface area contributed by atoms with Crippen LogP contribution in [0.15, 0.2) is 42.5 Å². The Hall–Kier alpha value is -2.60. The van der Waals surface area contributed by atoms with Gasteiger partial charge < -0.3 is 19.6 Å². The van der Waals surface area contributed by atoms with Crippen molar-refractivity contribution in [3.05, 3.63) is 59.4 Å². The Balaban J connectivity index is 1.26. The van der Waals surface area contributed by atoms with Crippen LogP contribution in [0.2, 0.25) is 0 Å². The van der Waals surface area contributed by atoms with Crippen molar-refractivity contribution in [3.8, 4) is 5.75 Å². The van der Waals surface area contributed by atoms with Crippen molar-refractivity contribution in [2.45, 2.75) is 32.1 Å². The summed E-state index contributed by atoms with van der Waals surface area (Å²) in [6.45, 7) is 5.08. The summed E-state index contributed by atoms with van der Waals surface area (Å²) in [5, 5.41) is 9.61. The van der Waals surface area contributed by atoms with Crippen LogP contribution in [-0.2, 0) is 6.42 Å². The van der Waals surface area contributed by atoms with Crippen molar-refractivity contribution in [2.75, 3.05) is 44.7 Å². The molecule has 2 aliphatic rings. The maximum absolute atomic E-state index is 13.1. The average molecular weight is 441 g/mol. The molecular formula is C26H33FN2O3. The number of anilines is 1. The zero-order chi connectivity index (χ0) is 22.5. The van der Waals surface area contributed by atoms with E-state index >= 15 is 0 Å². The standard InChI is InChI=1S/C26H33FN2O3/c1-32-24-4-2-3-23(26(30)31)25(24)29-15-11-21(12-16-29)18-28-13-9-20(10-14-28)17-19-5-7-22(27)8-6-19/h2-8,20-21H,9-18H2,1H3,(H,30,31). The van der Waals surface area contributed by atoms with Crippen LogP contribution in [0, 0.1) is 17.7 Å². The number of benzene rings is 2. The summed E-state index contributed by atoms with van der Waals surface area (Å²) in [5.74, 6) is 0.872. The molecule has 0 radical (unpaired) electrons. The van der Waals surface area contributed by atoms with Gasteiger partial charge in [0.25, 0.3) is 0 Å². The van der Waals surface area contributed by atoms with Crippen LogP contribution in [0.4, 0.5) is 10.1 Å². The van der Waals surface area contributed by atoms with E-state index in [-0.39, 0.29) is 5.82 Å². The van der Waals surface area contributed by atoms with Crippen molar-refractivity contribution in [1.29, 1.82) is 0 Å². The number of hydrogen-bond donors (Lipinski definition) is 1. The number of hydrogen-bond acceptors (Lipinski definition) is 4. The van der Waals surface area contributed by atoms with Crippen LogP contribution < -0.4 is 9.64 Å². The third-order valence-electron chi connectivity index (χ3n) is 7.04. The van der Waals surface area contributed by atoms with Crippen molar-refractivity contribution in [3.63, 3.8) is 0 Å². The normalized spacial score (nSPS) is 18.6. The number of piperidine rings is 2. The minimum Gasteiger partial charge on any atom is -0.495 e. The van der Waals surface area contributed by atoms with Gasteiger partial charge in [-0.2, -0.15) is 0 Å². The Labute approximate surface area is 189 Å². The van der Waals surface area contributed by atoms with Crippen LogP contribution >= 0.6 is 0 Å². The first kappa shape index (κ1) is 22.6. The third-order valence-corrected chi connectivity index (χ3v) is 7.04. The van der Waals surface area contributed by atoms with Crippen molar-refractivity contribution in [1.82, 2.24) is 4.90 Å². The van der Waals surface area contributed by atoms with Gasteiger partial charge in [-0.25, -0.2) is 9.18 Å². The Morgan fingerprint density at radius 3 is 2.28 bits per heavy atom. The van der Waals surface area contributed by atoms with Crippen LogP contribution in [0.25, 0.3) is 0 Å². The Kier molecular flexibility index (Phi) is 7.30. The zero-order valence-electron chi connectivity index (χ0n) is 18.8. The molecule has 1 N–H and O–H groups in total. The minimum absolute atomic E-state index is 0.167. The van der Waals surface area contributed by atoms with E-state index in [0.717, 1.165) is 52.0 Å². The number of carbonyl (C=O) groups is 1. The quantitative estimate of drug-likeness (QED) is 0.676. The molecule has 0 spiro atoms. The molecule has 172 valence electrons. The Morgan fingerprint density at radius 1 is 1.00 bits per heavy atom. The molecule has 0 saturated carbocycles. The van der Waals surface area contributed by atoms with Gasteiger partial charge in [-0.05, 0) is 86.9 Å². The number of para-hydroxylation sites is 1. The van der Waals surface area contributed by atoms with Gasteiger partial charge in [0, 0.05) is 19.6 Å². The molecule has 0 unspecified atom stereocenters. The highest BCUT2D eigenvalue weighted by molar-refractivity contribution is 5.96. The number of aromatic carboxylic acids is 1. The fraction of sp³-hybridized carbons (Fsp3) is 0.500. The molecule has 2 saturated heterocycles. The molecule has 2 aliphatic heterocycles. The highest BCUT2D eigenvalue weighted by Gasteiger charge is 2.28. The fourth-order valence-electron chi connectivity index (χ4n) is 5.22. The van der Waals surface area contributed by atoms with E-state index in [1.54, 1.807) is 31.4 Å². The molecule has 0 aliphatic carbocycles. The fourth-order valence-corrected chi connectivity index (χ4v) is 5.22. The van der Waals surface area contributed by atoms with Gasteiger partial charge in [-0.1, -0.05) is 18.2 Å². The lowest BCUT2D eigenvalue weighted by Crippen LogP contribution is -2.42. The predicted molar refractivity (Wildman–Crippen MR) is 124 cm³/mol. The number of ether oxygens (including phenoxy) is 1. The van der Waals surface area contributed by atoms with E-state index in [0.29, 0.717) is 28.8 Å². The molecule has 0 amide bonds. The van der Waals surface area contributed by atoms with E-state index in [4.69, 9.17) is 4.74 Å². The lowest BCUT2D eigenvalue weighted by atomic mass is 9.89. The highest BCUT2D eigenvalue weighted by Crippen LogP contribution is 2.35. The molecule has 32 heavy (non-hydrogen) atoms. The number of likely N-dealkylation sites (tertiary alicyclic amines) is 1. The number of nitrogens with zero attached hydrogens (tertiary/aromatic N) is 2. The summed E-state index contributed by atoms with van der Waals surface area (Å²) in [5.41, 5.74) is 2.25. The molecule has 0 aromatic heterocycles. The maximum Gasteiger partial charge on any atom is 0.337 e. The van der Waals surface area contributed by atoms with E-state index in [1.165, 1.54) is 18.4 Å². The lowest BCUT2D eigenvalue weighted by Gasteiger charge is -2.39. The molecule has 2 heterocycles. The minimum atomic E-state index is -0.912. The van der Waals surface area contributed by atoms with Crippen molar-refractivity contribution >= 4 is 11.7 Å². The SMILES string of the molecule is COc1cccc(C(=O)O)c1N1CCC(CN2CCC(Cc3ccc(F)cc3)CC2)CC1. The predicted octanol–water partition coefficient (Wildman–Crippen LogP) is 4.70. The number of rotatable bonds is 7. The third kappa shape index (κ3) is 5.41. The van der Waals surface area contributed by atoms with E-state index in [9.17, 15) is 14.3 Å². The highest BCUT2D eigenvalue weighted by atomic mass is 19.1. The Morgan fingerprint density at radius 2 is 1.66 bits per heavy atom. The molecule has 4 rings (SSSR count). The lowest BCUT2D eigenvalue weighted by molar-refractivity contribution is 0.0697. The Bertz CT molecular complexity index is 902. The summed E-state index contributed by atoms with van der Waals surface area (Å²) < 4.78 is 18.6. The molecule has 0 bridgehead atoms. The van der Waals surface area contributed by atoms with Crippen LogP contribution in [0.5, 0.6) is 5.75 Å². The summed E-state index contributed by atoms with van der Waals surface area (Å²) >= 11 is 0. The second-order valence-electron chi connectivity index (χ2n) is 9.17. The number of methoxy groups -OCH3 is 1. The van der Waals surface area contributed by atoms with Crippen LogP contribution in [0.1, 0.15) is 41.6 Å². The van der Waals surface area contributed by atoms with E-state index < -0.39 is 5.97 Å². The number of halogens is 1. The smallest absolute Gasteiger partial charge is 0.337 e. The van der Waals surface area contributed by atoms with E-state index in [1.807, 2.05) is 18.2 Å². The van der Waals surface area contributed by atoms with Crippen LogP contribution in [0.3, 0.4) is 0 Å². The molecule has 2 aromatic rings. The summed E-state index contributed by atoms with van der Waals surface area (Å²) in [6, 6.07) is 12.2. The van der Waals surface area contributed by atoms with Gasteiger partial charge in [-0.3, -0.25) is 0 Å². The molecule has 6 heteroatoms. The summed E-state index contributed by atoms with van der Waals surface area (Å²) in [6.07, 6.45) is 5.55. The molecule has 2 aromatic carbocycles. The first-order valence-corrected chi connectivity index (χ1v) is 11.7. The largest absolute Gasteiger partial charge is 0.495 e. The van der Waals surface area contributed by atoms with Gasteiger partial charge >= 0.3 is 5.97 Å². The molecule has 5 nitrogen and oxygen atoms in total. The zero-order valence-corrected chi connectivity index (χ0v) is 18.8. The van der Waals surface area contributed by atoms with Gasteiger partial charge in [-0.15, -0.1) is 0 Å². The summed E-state index contributed by atoms with van der Waals surface area (Å²) in [7, 11) is 1.59. The first-order valence-electron chi connectivity index (χ1n) is 11.7. The second-order valence-corrected chi connectivity index (χ2v) is 9.17. The first-order chi connectivity index (χ1) is 15.5. The topological polar surface area (TPSA) is 53.0 Å². The molecular weight excluding hydrogens is 407 g/mol. The van der Waals surface area contributed by atoms with Crippen LogP contribution in [-0.4, -0.2) is 55.8 Å². The number of carboxylic acid groups (broad SMARTS) is 1. The van der Waals surface area contributed by atoms with Gasteiger partial charge in [0.2, 0.25) is 0 Å². The average Bonchev–Trinajstić information content (AvgIpc) is 2.82. The molecule has 0 atom stereocenters. The van der Waals surface area contributed by atoms with Gasteiger partial charge in [0.1, 0.15) is 11.6 Å². The molecule has 2 fully saturated rings. The van der Waals surface area contributed by atoms with Crippen molar-refractivity contribution < 1.29 is 19.0 Å². The number of carboxylic acids is 1. The van der Waals surface area contributed by atoms with Gasteiger partial charge in [0.15, 0.2) is 0 Å². The van der Waals surface area contributed by atoms with Gasteiger partial charge in [0.05, 0.1) is 18.4 Å². The van der Waals surface area contributed by atoms with E-state index in [2.05, 4.69) is 9.80 Å². The van der Waals surface area contributed by atoms with Crippen molar-refractivity contribution in [2.24, 2.45) is 11.8 Å². The second kappa shape index (κ2) is 10.3. The summed E-state index contributed by atoms with van der Waals surface area (Å²) in [4.78, 5) is 16.5. The maximum atomic E-state index is 13.1.